The van der Waals surface area contributed by atoms with Gasteiger partial charge in [-0.3, -0.25) is 14.5 Å². The maximum atomic E-state index is 14.3. The Labute approximate surface area is 253 Å². The number of rotatable bonds is 8. The molecule has 2 unspecified atom stereocenters. The van der Waals surface area contributed by atoms with Crippen LogP contribution in [0.5, 0.6) is 0 Å². The largest absolute Gasteiger partial charge is 0.444 e. The molecule has 4 aromatic rings. The highest BCUT2D eigenvalue weighted by Gasteiger charge is 2.37. The van der Waals surface area contributed by atoms with Crippen molar-refractivity contribution in [2.75, 3.05) is 5.32 Å². The molecule has 7 nitrogen and oxygen atoms in total. The van der Waals surface area contributed by atoms with Crippen molar-refractivity contribution in [2.24, 2.45) is 0 Å². The molecule has 0 bridgehead atoms. The Morgan fingerprint density at radius 1 is 0.860 bits per heavy atom. The Balaban J connectivity index is 1.74. The van der Waals surface area contributed by atoms with Gasteiger partial charge >= 0.3 is 6.09 Å². The number of fused-ring (bicyclic) bond motifs is 1. The van der Waals surface area contributed by atoms with E-state index in [1.54, 1.807) is 20.8 Å². The zero-order valence-corrected chi connectivity index (χ0v) is 25.2. The lowest BCUT2D eigenvalue weighted by molar-refractivity contribution is -0.136. The summed E-state index contributed by atoms with van der Waals surface area (Å²) in [6, 6.07) is 28.5. The van der Waals surface area contributed by atoms with Crippen LogP contribution >= 0.6 is 0 Å². The molecule has 2 atom stereocenters. The minimum atomic E-state index is -1.18. The van der Waals surface area contributed by atoms with Gasteiger partial charge < -0.3 is 15.4 Å². The second-order valence-corrected chi connectivity index (χ2v) is 11.5. The number of hydrogen-bond donors (Lipinski definition) is 2. The molecule has 3 amide bonds. The molecule has 0 radical (unpaired) electrons. The molecule has 0 aromatic heterocycles. The predicted molar refractivity (Wildman–Crippen MR) is 170 cm³/mol. The van der Waals surface area contributed by atoms with Gasteiger partial charge in [0, 0.05) is 18.2 Å². The number of anilines is 1. The minimum absolute atomic E-state index is 0.142. The summed E-state index contributed by atoms with van der Waals surface area (Å²) in [5.74, 6) is -1.09. The molecule has 0 aliphatic carbocycles. The molecule has 4 rings (SSSR count). The maximum Gasteiger partial charge on any atom is 0.408 e. The highest BCUT2D eigenvalue weighted by molar-refractivity contribution is 6.01. The van der Waals surface area contributed by atoms with Crippen molar-refractivity contribution in [2.45, 2.75) is 58.7 Å². The fourth-order valence-electron chi connectivity index (χ4n) is 5.05. The number of hydrogen-bond acceptors (Lipinski definition) is 4. The number of amides is 3. The lowest BCUT2D eigenvalue weighted by atomic mass is 9.93. The zero-order valence-electron chi connectivity index (χ0n) is 25.2. The second kappa shape index (κ2) is 13.3. The van der Waals surface area contributed by atoms with Crippen LogP contribution in [0.1, 0.15) is 49.1 Å². The molecule has 0 spiro atoms. The van der Waals surface area contributed by atoms with E-state index in [9.17, 15) is 14.4 Å². The number of carbonyl (C=O) groups is 3. The molecule has 0 fully saturated rings. The van der Waals surface area contributed by atoms with Crippen molar-refractivity contribution in [1.82, 2.24) is 10.2 Å². The van der Waals surface area contributed by atoms with Gasteiger partial charge in [0.1, 0.15) is 17.7 Å². The van der Waals surface area contributed by atoms with Crippen LogP contribution in [0.15, 0.2) is 91.0 Å². The van der Waals surface area contributed by atoms with Crippen molar-refractivity contribution >= 4 is 34.4 Å². The van der Waals surface area contributed by atoms with Crippen LogP contribution in [0.2, 0.25) is 0 Å². The van der Waals surface area contributed by atoms with Crippen LogP contribution in [-0.2, 0) is 20.7 Å². The van der Waals surface area contributed by atoms with Crippen LogP contribution in [0, 0.1) is 26.3 Å². The number of ether oxygens (including phenoxy) is 1. The molecule has 2 N–H and O–H groups in total. The van der Waals surface area contributed by atoms with Crippen LogP contribution in [-0.4, -0.2) is 34.5 Å². The van der Waals surface area contributed by atoms with Gasteiger partial charge in [-0.25, -0.2) is 4.79 Å². The fraction of sp³-hybridized carbons (Fsp3) is 0.250. The van der Waals surface area contributed by atoms with Crippen molar-refractivity contribution in [3.05, 3.63) is 113 Å². The fourth-order valence-corrected chi connectivity index (χ4v) is 5.05. The van der Waals surface area contributed by atoms with E-state index in [2.05, 4.69) is 16.7 Å². The molecule has 0 aliphatic heterocycles. The van der Waals surface area contributed by atoms with E-state index in [-0.39, 0.29) is 6.42 Å². The average Bonchev–Trinajstić information content (AvgIpc) is 2.95. The maximum absolute atomic E-state index is 14.3. The Morgan fingerprint density at radius 3 is 2.12 bits per heavy atom. The number of alkyl carbamates (subject to hydrolysis) is 1. The quantitative estimate of drug-likeness (QED) is 0.181. The summed E-state index contributed by atoms with van der Waals surface area (Å²) in [5.41, 5.74) is 2.80. The third-order valence-corrected chi connectivity index (χ3v) is 6.99. The molecule has 0 heterocycles. The normalized spacial score (nSPS) is 12.5. The van der Waals surface area contributed by atoms with Gasteiger partial charge in [0.15, 0.2) is 0 Å². The summed E-state index contributed by atoms with van der Waals surface area (Å²) in [7, 11) is 0. The smallest absolute Gasteiger partial charge is 0.408 e. The molecule has 4 aromatic carbocycles. The van der Waals surface area contributed by atoms with E-state index in [1.807, 2.05) is 105 Å². The third kappa shape index (κ3) is 7.81. The minimum Gasteiger partial charge on any atom is -0.444 e. The molecule has 0 aliphatic rings. The first-order chi connectivity index (χ1) is 20.5. The molecule has 7 heteroatoms. The summed E-state index contributed by atoms with van der Waals surface area (Å²) < 4.78 is 5.46. The lowest BCUT2D eigenvalue weighted by Gasteiger charge is -2.32. The van der Waals surface area contributed by atoms with E-state index in [0.717, 1.165) is 32.4 Å². The zero-order chi connectivity index (χ0) is 31.1. The summed E-state index contributed by atoms with van der Waals surface area (Å²) in [6.45, 7) is 8.96. The highest BCUT2D eigenvalue weighted by Crippen LogP contribution is 2.30. The number of nitrogens with one attached hydrogen (secondary N) is 2. The lowest BCUT2D eigenvalue weighted by Crippen LogP contribution is -2.52. The van der Waals surface area contributed by atoms with Crippen molar-refractivity contribution in [3.63, 3.8) is 0 Å². The van der Waals surface area contributed by atoms with Crippen LogP contribution in [0.4, 0.5) is 10.5 Å². The predicted octanol–water partition coefficient (Wildman–Crippen LogP) is 6.69. The van der Waals surface area contributed by atoms with Crippen molar-refractivity contribution in [3.8, 4) is 12.5 Å². The molecule has 220 valence electrons. The number of nitrogens with zero attached hydrogens (tertiary/aromatic N) is 1. The van der Waals surface area contributed by atoms with Gasteiger partial charge in [-0.15, -0.1) is 0 Å². The van der Waals surface area contributed by atoms with Gasteiger partial charge in [-0.05, 0) is 79.8 Å². The number of terminal acetylenes is 1. The van der Waals surface area contributed by atoms with E-state index in [0.29, 0.717) is 11.3 Å². The topological polar surface area (TPSA) is 87.7 Å². The van der Waals surface area contributed by atoms with E-state index < -0.39 is 35.6 Å². The molecule has 0 saturated heterocycles. The van der Waals surface area contributed by atoms with E-state index in [1.165, 1.54) is 0 Å². The van der Waals surface area contributed by atoms with E-state index >= 15 is 0 Å². The number of benzene rings is 4. The van der Waals surface area contributed by atoms with Crippen LogP contribution in [0.25, 0.3) is 10.8 Å². The first-order valence-corrected chi connectivity index (χ1v) is 14.2. The monoisotopic (exact) mass is 575 g/mol. The van der Waals surface area contributed by atoms with Crippen LogP contribution < -0.4 is 10.6 Å². The standard InChI is InChI=1S/C36H37N3O4/c1-7-39(34(41)30(22-26-16-9-8-10-17-26)38-35(42)43-36(4,5)6)32(31-24(2)14-13-15-25(31)3)33(40)37-29-21-20-27-18-11-12-19-28(27)23-29/h1,8-21,23,30,32H,22H2,2-6H3,(H,37,40)(H,38,42). The number of aryl methyl sites for hydroxylation is 2. The van der Waals surface area contributed by atoms with Crippen molar-refractivity contribution < 1.29 is 19.1 Å². The van der Waals surface area contributed by atoms with Gasteiger partial charge in [0.2, 0.25) is 0 Å². The summed E-state index contributed by atoms with van der Waals surface area (Å²) in [4.78, 5) is 42.4. The highest BCUT2D eigenvalue weighted by atomic mass is 16.6. The second-order valence-electron chi connectivity index (χ2n) is 11.5. The van der Waals surface area contributed by atoms with Crippen LogP contribution in [0.3, 0.4) is 0 Å². The third-order valence-electron chi connectivity index (χ3n) is 6.99. The molecule has 0 saturated carbocycles. The summed E-state index contributed by atoms with van der Waals surface area (Å²) in [5, 5.41) is 7.67. The van der Waals surface area contributed by atoms with Gasteiger partial charge in [-0.1, -0.05) is 85.3 Å². The molecular weight excluding hydrogens is 538 g/mol. The molecule has 43 heavy (non-hydrogen) atoms. The van der Waals surface area contributed by atoms with E-state index in [4.69, 9.17) is 11.2 Å². The summed E-state index contributed by atoms with van der Waals surface area (Å²) in [6.07, 6.45) is 5.39. The Hall–Kier alpha value is -5.09. The van der Waals surface area contributed by atoms with Gasteiger partial charge in [-0.2, -0.15) is 0 Å². The Bertz CT molecular complexity index is 1650. The SMILES string of the molecule is C#CN(C(=O)C(Cc1ccccc1)NC(=O)OC(C)(C)C)C(C(=O)Nc1ccc2ccccc2c1)c1c(C)cccc1C. The van der Waals surface area contributed by atoms with Crippen molar-refractivity contribution in [1.29, 1.82) is 0 Å². The Morgan fingerprint density at radius 2 is 1.49 bits per heavy atom. The number of carbonyl (C=O) groups excluding carboxylic acids is 3. The Kier molecular flexibility index (Phi) is 9.52. The van der Waals surface area contributed by atoms with Gasteiger partial charge in [0.25, 0.3) is 11.8 Å². The first kappa shape index (κ1) is 30.9. The first-order valence-electron chi connectivity index (χ1n) is 14.2. The van der Waals surface area contributed by atoms with Gasteiger partial charge in [0.05, 0.1) is 0 Å². The average molecular weight is 576 g/mol. The summed E-state index contributed by atoms with van der Waals surface area (Å²) >= 11 is 0. The molecular formula is C36H37N3O4.